The van der Waals surface area contributed by atoms with Gasteiger partial charge in [-0.25, -0.2) is 8.42 Å². The van der Waals surface area contributed by atoms with Crippen LogP contribution in [0.3, 0.4) is 0 Å². The Morgan fingerprint density at radius 1 is 1.32 bits per heavy atom. The van der Waals surface area contributed by atoms with Crippen LogP contribution in [0.4, 0.5) is 5.69 Å². The number of nitrogens with one attached hydrogen (secondary N) is 1. The van der Waals surface area contributed by atoms with Crippen molar-refractivity contribution in [3.8, 4) is 0 Å². The molecule has 2 atom stereocenters. The Hall–Kier alpha value is -1.11. The maximum absolute atomic E-state index is 12.1. The van der Waals surface area contributed by atoms with Gasteiger partial charge in [0.2, 0.25) is 5.91 Å². The molecule has 0 saturated heterocycles. The lowest BCUT2D eigenvalue weighted by Gasteiger charge is -2.15. The van der Waals surface area contributed by atoms with E-state index in [1.807, 2.05) is 0 Å². The normalized spacial score (nSPS) is 25.3. The molecule has 1 saturated carbocycles. The lowest BCUT2D eigenvalue weighted by atomic mass is 10.00. The Morgan fingerprint density at radius 2 is 2.09 bits per heavy atom. The van der Waals surface area contributed by atoms with Crippen molar-refractivity contribution in [3.63, 3.8) is 0 Å². The van der Waals surface area contributed by atoms with Crippen LogP contribution in [0.15, 0.2) is 23.1 Å². The molecule has 1 amide bonds. The summed E-state index contributed by atoms with van der Waals surface area (Å²) in [5.74, 6) is 0.312. The molecular formula is C15H21ClN2O3S. The average Bonchev–Trinajstić information content (AvgIpc) is 2.95. The number of carbonyl (C=O) groups is 1. The maximum Gasteiger partial charge on any atom is 0.224 e. The molecule has 1 aliphatic carbocycles. The molecule has 3 N–H and O–H groups in total. The first-order valence-electron chi connectivity index (χ1n) is 7.37. The van der Waals surface area contributed by atoms with E-state index < -0.39 is 9.84 Å². The van der Waals surface area contributed by atoms with Crippen molar-refractivity contribution < 1.29 is 13.2 Å². The highest BCUT2D eigenvalue weighted by Crippen LogP contribution is 2.30. The molecule has 22 heavy (non-hydrogen) atoms. The SMILES string of the molecule is Cl.N[C@@H]1CCC[C@H]1CC(=O)Nc1ccc2c(c1)S(=O)(=O)CC2. The van der Waals surface area contributed by atoms with Crippen LogP contribution in [0.1, 0.15) is 31.2 Å². The molecule has 3 rings (SSSR count). The summed E-state index contributed by atoms with van der Waals surface area (Å²) in [7, 11) is -3.17. The Kier molecular flexibility index (Phi) is 5.14. The van der Waals surface area contributed by atoms with Gasteiger partial charge in [-0.1, -0.05) is 12.5 Å². The first kappa shape index (κ1) is 17.2. The number of rotatable bonds is 3. The maximum atomic E-state index is 12.1. The number of fused-ring (bicyclic) bond motifs is 1. The predicted molar refractivity (Wildman–Crippen MR) is 88.0 cm³/mol. The second-order valence-corrected chi connectivity index (χ2v) is 8.08. The van der Waals surface area contributed by atoms with E-state index in [-0.39, 0.29) is 36.0 Å². The predicted octanol–water partition coefficient (Wildman–Crippen LogP) is 1.89. The second-order valence-electron chi connectivity index (χ2n) is 6.00. The summed E-state index contributed by atoms with van der Waals surface area (Å²) >= 11 is 0. The first-order chi connectivity index (χ1) is 9.95. The van der Waals surface area contributed by atoms with Gasteiger partial charge >= 0.3 is 0 Å². The number of hydrogen-bond donors (Lipinski definition) is 2. The van der Waals surface area contributed by atoms with E-state index >= 15 is 0 Å². The zero-order valence-corrected chi connectivity index (χ0v) is 13.9. The summed E-state index contributed by atoms with van der Waals surface area (Å²) in [6, 6.07) is 5.24. The third-order valence-electron chi connectivity index (χ3n) is 4.49. The summed E-state index contributed by atoms with van der Waals surface area (Å²) < 4.78 is 23.8. The number of benzene rings is 1. The van der Waals surface area contributed by atoms with Crippen LogP contribution in [-0.2, 0) is 21.1 Å². The summed E-state index contributed by atoms with van der Waals surface area (Å²) in [5, 5.41) is 2.80. The largest absolute Gasteiger partial charge is 0.327 e. The summed E-state index contributed by atoms with van der Waals surface area (Å²) in [5.41, 5.74) is 7.36. The lowest BCUT2D eigenvalue weighted by molar-refractivity contribution is -0.117. The van der Waals surface area contributed by atoms with Crippen LogP contribution in [0.5, 0.6) is 0 Å². The minimum Gasteiger partial charge on any atom is -0.327 e. The topological polar surface area (TPSA) is 89.3 Å². The summed E-state index contributed by atoms with van der Waals surface area (Å²) in [6.45, 7) is 0. The van der Waals surface area contributed by atoms with Gasteiger partial charge in [-0.15, -0.1) is 12.4 Å². The van der Waals surface area contributed by atoms with E-state index in [1.165, 1.54) is 0 Å². The van der Waals surface area contributed by atoms with Gasteiger partial charge < -0.3 is 11.1 Å². The molecule has 1 fully saturated rings. The van der Waals surface area contributed by atoms with Crippen molar-refractivity contribution >= 4 is 33.8 Å². The number of carbonyl (C=O) groups excluding carboxylic acids is 1. The number of nitrogens with two attached hydrogens (primary N) is 1. The Morgan fingerprint density at radius 3 is 2.77 bits per heavy atom. The van der Waals surface area contributed by atoms with E-state index in [0.29, 0.717) is 23.4 Å². The highest BCUT2D eigenvalue weighted by molar-refractivity contribution is 7.91. The van der Waals surface area contributed by atoms with E-state index in [0.717, 1.165) is 24.8 Å². The Balaban J connectivity index is 0.00000176. The van der Waals surface area contributed by atoms with Crippen LogP contribution < -0.4 is 11.1 Å². The van der Waals surface area contributed by atoms with E-state index in [4.69, 9.17) is 5.73 Å². The zero-order valence-electron chi connectivity index (χ0n) is 12.2. The third kappa shape index (κ3) is 3.45. The number of halogens is 1. The minimum atomic E-state index is -3.17. The van der Waals surface area contributed by atoms with Gasteiger partial charge in [0, 0.05) is 18.2 Å². The number of hydrogen-bond acceptors (Lipinski definition) is 4. The van der Waals surface area contributed by atoms with E-state index in [2.05, 4.69) is 5.32 Å². The van der Waals surface area contributed by atoms with Gasteiger partial charge in [0.25, 0.3) is 0 Å². The molecule has 0 aromatic heterocycles. The zero-order chi connectivity index (χ0) is 15.0. The van der Waals surface area contributed by atoms with Gasteiger partial charge in [-0.2, -0.15) is 0 Å². The molecular weight excluding hydrogens is 324 g/mol. The molecule has 0 bridgehead atoms. The second kappa shape index (κ2) is 6.56. The first-order valence-corrected chi connectivity index (χ1v) is 9.02. The molecule has 122 valence electrons. The van der Waals surface area contributed by atoms with Gasteiger partial charge in [-0.3, -0.25) is 4.79 Å². The molecule has 2 aliphatic rings. The van der Waals surface area contributed by atoms with Gasteiger partial charge in [0.15, 0.2) is 9.84 Å². The molecule has 5 nitrogen and oxygen atoms in total. The van der Waals surface area contributed by atoms with Crippen LogP contribution in [0.25, 0.3) is 0 Å². The van der Waals surface area contributed by atoms with Gasteiger partial charge in [0.1, 0.15) is 0 Å². The van der Waals surface area contributed by atoms with Crippen LogP contribution in [0, 0.1) is 5.92 Å². The number of sulfone groups is 1. The van der Waals surface area contributed by atoms with Crippen LogP contribution >= 0.6 is 12.4 Å². The van der Waals surface area contributed by atoms with Crippen molar-refractivity contribution in [1.29, 1.82) is 0 Å². The van der Waals surface area contributed by atoms with Gasteiger partial charge in [0.05, 0.1) is 10.6 Å². The molecule has 0 unspecified atom stereocenters. The number of aryl methyl sites for hydroxylation is 1. The minimum absolute atomic E-state index is 0. The van der Waals surface area contributed by atoms with Crippen LogP contribution in [-0.4, -0.2) is 26.1 Å². The van der Waals surface area contributed by atoms with Gasteiger partial charge in [-0.05, 0) is 42.9 Å². The standard InChI is InChI=1S/C15H20N2O3S.ClH/c16-13-3-1-2-11(13)8-15(18)17-12-5-4-10-6-7-21(19,20)14(10)9-12;/h4-5,9,11,13H,1-3,6-8,16H2,(H,17,18);1H/t11-,13+;/m0./s1. The number of anilines is 1. The van der Waals surface area contributed by atoms with E-state index in [9.17, 15) is 13.2 Å². The summed E-state index contributed by atoms with van der Waals surface area (Å²) in [6.07, 6.45) is 4.02. The molecule has 0 spiro atoms. The highest BCUT2D eigenvalue weighted by atomic mass is 35.5. The molecule has 1 aromatic rings. The van der Waals surface area contributed by atoms with Crippen molar-refractivity contribution in [2.24, 2.45) is 11.7 Å². The highest BCUT2D eigenvalue weighted by Gasteiger charge is 2.28. The molecule has 7 heteroatoms. The quantitative estimate of drug-likeness (QED) is 0.876. The average molecular weight is 345 g/mol. The lowest BCUT2D eigenvalue weighted by Crippen LogP contribution is -2.28. The Labute approximate surface area is 137 Å². The van der Waals surface area contributed by atoms with Crippen LogP contribution in [0.2, 0.25) is 0 Å². The van der Waals surface area contributed by atoms with Crippen molar-refractivity contribution in [2.75, 3.05) is 11.1 Å². The molecule has 1 aromatic carbocycles. The molecule has 1 heterocycles. The fraction of sp³-hybridized carbons (Fsp3) is 0.533. The van der Waals surface area contributed by atoms with Crippen molar-refractivity contribution in [2.45, 2.75) is 43.0 Å². The monoisotopic (exact) mass is 344 g/mol. The third-order valence-corrected chi connectivity index (χ3v) is 6.28. The number of amides is 1. The molecule has 1 aliphatic heterocycles. The summed E-state index contributed by atoms with van der Waals surface area (Å²) in [4.78, 5) is 12.4. The van der Waals surface area contributed by atoms with Crippen molar-refractivity contribution in [3.05, 3.63) is 23.8 Å². The van der Waals surface area contributed by atoms with Crippen molar-refractivity contribution in [1.82, 2.24) is 0 Å². The fourth-order valence-corrected chi connectivity index (χ4v) is 4.84. The Bertz CT molecular complexity index is 675. The smallest absolute Gasteiger partial charge is 0.224 e. The molecule has 0 radical (unpaired) electrons. The van der Waals surface area contributed by atoms with E-state index in [1.54, 1.807) is 18.2 Å². The fourth-order valence-electron chi connectivity index (χ4n) is 3.25.